The Hall–Kier alpha value is -2.97. The molecule has 1 saturated carbocycles. The first-order chi connectivity index (χ1) is 13.6. The minimum Gasteiger partial charge on any atom is -0.310 e. The lowest BCUT2D eigenvalue weighted by Crippen LogP contribution is -2.15. The molecule has 1 fully saturated rings. The number of hydrogen-bond donors (Lipinski definition) is 1. The van der Waals surface area contributed by atoms with Crippen LogP contribution in [0.2, 0.25) is 5.02 Å². The Morgan fingerprint density at radius 3 is 2.93 bits per heavy atom. The molecule has 1 amide bonds. The van der Waals surface area contributed by atoms with Crippen LogP contribution in [0.5, 0.6) is 0 Å². The third kappa shape index (κ3) is 3.69. The molecule has 6 heteroatoms. The molecule has 3 aromatic rings. The zero-order chi connectivity index (χ0) is 19.7. The van der Waals surface area contributed by atoms with Crippen molar-refractivity contribution in [3.63, 3.8) is 0 Å². The van der Waals surface area contributed by atoms with Crippen LogP contribution in [0.25, 0.3) is 10.8 Å². The van der Waals surface area contributed by atoms with Crippen molar-refractivity contribution in [1.29, 1.82) is 5.26 Å². The number of nitriles is 1. The highest BCUT2D eigenvalue weighted by Gasteiger charge is 2.44. The molecule has 28 heavy (non-hydrogen) atoms. The third-order valence-corrected chi connectivity index (χ3v) is 5.54. The highest BCUT2D eigenvalue weighted by molar-refractivity contribution is 6.32. The number of rotatable bonds is 5. The van der Waals surface area contributed by atoms with Gasteiger partial charge in [0.15, 0.2) is 0 Å². The fourth-order valence-electron chi connectivity index (χ4n) is 3.50. The average molecular weight is 391 g/mol. The molecular formula is C22H19ClN4O. The largest absolute Gasteiger partial charge is 0.310 e. The molecule has 4 rings (SSSR count). The first-order valence-corrected chi connectivity index (χ1v) is 9.62. The van der Waals surface area contributed by atoms with Crippen molar-refractivity contribution >= 4 is 34.1 Å². The summed E-state index contributed by atoms with van der Waals surface area (Å²) < 4.78 is 0. The van der Waals surface area contributed by atoms with Gasteiger partial charge in [0.1, 0.15) is 5.82 Å². The Balaban J connectivity index is 1.52. The van der Waals surface area contributed by atoms with Gasteiger partial charge in [-0.2, -0.15) is 5.26 Å². The van der Waals surface area contributed by atoms with Crippen molar-refractivity contribution < 1.29 is 4.79 Å². The number of nitrogens with zero attached hydrogens (tertiary/aromatic N) is 3. The van der Waals surface area contributed by atoms with Crippen LogP contribution in [0.4, 0.5) is 5.82 Å². The number of halogens is 1. The molecule has 0 radical (unpaired) electrons. The van der Waals surface area contributed by atoms with Gasteiger partial charge in [0, 0.05) is 46.8 Å². The molecule has 2 aromatic heterocycles. The molecule has 0 spiro atoms. The van der Waals surface area contributed by atoms with E-state index in [4.69, 9.17) is 16.9 Å². The Morgan fingerprint density at radius 1 is 1.32 bits per heavy atom. The molecule has 2 heterocycles. The van der Waals surface area contributed by atoms with E-state index in [0.717, 1.165) is 28.5 Å². The van der Waals surface area contributed by atoms with Crippen LogP contribution < -0.4 is 5.32 Å². The Kier molecular flexibility index (Phi) is 4.97. The molecule has 1 N–H and O–H groups in total. The molecular weight excluding hydrogens is 372 g/mol. The van der Waals surface area contributed by atoms with Gasteiger partial charge in [0.05, 0.1) is 6.07 Å². The molecule has 1 aromatic carbocycles. The molecule has 0 aliphatic heterocycles. The summed E-state index contributed by atoms with van der Waals surface area (Å²) >= 11 is 6.37. The zero-order valence-corrected chi connectivity index (χ0v) is 16.1. The van der Waals surface area contributed by atoms with E-state index in [1.54, 1.807) is 12.4 Å². The van der Waals surface area contributed by atoms with Crippen molar-refractivity contribution in [3.8, 4) is 6.07 Å². The van der Waals surface area contributed by atoms with Gasteiger partial charge in [-0.05, 0) is 53.6 Å². The van der Waals surface area contributed by atoms with E-state index in [-0.39, 0.29) is 23.7 Å². The van der Waals surface area contributed by atoms with Crippen LogP contribution in [0.3, 0.4) is 0 Å². The molecule has 0 unspecified atom stereocenters. The molecule has 3 atom stereocenters. The highest BCUT2D eigenvalue weighted by Crippen LogP contribution is 2.47. The lowest BCUT2D eigenvalue weighted by Gasteiger charge is -2.12. The van der Waals surface area contributed by atoms with Crippen molar-refractivity contribution in [3.05, 3.63) is 65.1 Å². The number of nitrogens with one attached hydrogen (secondary N) is 1. The number of benzene rings is 1. The highest BCUT2D eigenvalue weighted by atomic mass is 35.5. The van der Waals surface area contributed by atoms with Crippen LogP contribution in [-0.2, 0) is 4.79 Å². The predicted octanol–water partition coefficient (Wildman–Crippen LogP) is 5.04. The SMILES string of the molecule is C[C@@H](CC#N)c1cc2cc(NC(=O)[C@@H]3C[C@H]3c3ccccn3)ncc2cc1Cl. The maximum Gasteiger partial charge on any atom is 0.229 e. The normalized spacial score (nSPS) is 19.0. The van der Waals surface area contributed by atoms with E-state index in [2.05, 4.69) is 21.4 Å². The van der Waals surface area contributed by atoms with Gasteiger partial charge in [-0.15, -0.1) is 0 Å². The Labute approximate surface area is 168 Å². The van der Waals surface area contributed by atoms with Gasteiger partial charge in [0.2, 0.25) is 5.91 Å². The Morgan fingerprint density at radius 2 is 2.18 bits per heavy atom. The lowest BCUT2D eigenvalue weighted by atomic mass is 9.96. The number of carbonyl (C=O) groups excluding carboxylic acids is 1. The summed E-state index contributed by atoms with van der Waals surface area (Å²) in [5, 5.41) is 14.3. The van der Waals surface area contributed by atoms with Crippen LogP contribution in [-0.4, -0.2) is 15.9 Å². The Bertz CT molecular complexity index is 1080. The van der Waals surface area contributed by atoms with Crippen molar-refractivity contribution in [1.82, 2.24) is 9.97 Å². The summed E-state index contributed by atoms with van der Waals surface area (Å²) in [6, 6.07) is 13.6. The van der Waals surface area contributed by atoms with Crippen LogP contribution in [0, 0.1) is 17.2 Å². The smallest absolute Gasteiger partial charge is 0.229 e. The quantitative estimate of drug-likeness (QED) is 0.661. The maximum absolute atomic E-state index is 12.6. The zero-order valence-electron chi connectivity index (χ0n) is 15.4. The summed E-state index contributed by atoms with van der Waals surface area (Å²) in [5.41, 5.74) is 1.89. The second kappa shape index (κ2) is 7.57. The molecule has 0 bridgehead atoms. The predicted molar refractivity (Wildman–Crippen MR) is 109 cm³/mol. The summed E-state index contributed by atoms with van der Waals surface area (Å²) in [5.74, 6) is 0.640. The number of pyridine rings is 2. The number of hydrogen-bond acceptors (Lipinski definition) is 4. The number of amides is 1. The molecule has 1 aliphatic rings. The second-order valence-electron chi connectivity index (χ2n) is 7.25. The van der Waals surface area contributed by atoms with Gasteiger partial charge >= 0.3 is 0 Å². The van der Waals surface area contributed by atoms with Crippen LogP contribution >= 0.6 is 11.6 Å². The number of carbonyl (C=O) groups is 1. The van der Waals surface area contributed by atoms with Crippen molar-refractivity contribution in [2.75, 3.05) is 5.32 Å². The minimum absolute atomic E-state index is 0.0328. The summed E-state index contributed by atoms with van der Waals surface area (Å²) in [6.07, 6.45) is 4.67. The van der Waals surface area contributed by atoms with E-state index in [0.29, 0.717) is 17.3 Å². The van der Waals surface area contributed by atoms with Crippen LogP contribution in [0.15, 0.2) is 48.8 Å². The molecule has 5 nitrogen and oxygen atoms in total. The maximum atomic E-state index is 12.6. The third-order valence-electron chi connectivity index (χ3n) is 5.21. The van der Waals surface area contributed by atoms with E-state index < -0.39 is 0 Å². The summed E-state index contributed by atoms with van der Waals surface area (Å²) in [6.45, 7) is 1.98. The van der Waals surface area contributed by atoms with E-state index in [1.165, 1.54) is 0 Å². The van der Waals surface area contributed by atoms with E-state index in [9.17, 15) is 4.79 Å². The van der Waals surface area contributed by atoms with Gasteiger partial charge < -0.3 is 5.32 Å². The van der Waals surface area contributed by atoms with Crippen LogP contribution in [0.1, 0.15) is 42.9 Å². The van der Waals surface area contributed by atoms with Gasteiger partial charge in [-0.3, -0.25) is 9.78 Å². The van der Waals surface area contributed by atoms with Crippen molar-refractivity contribution in [2.24, 2.45) is 5.92 Å². The van der Waals surface area contributed by atoms with Gasteiger partial charge in [0.25, 0.3) is 0 Å². The number of anilines is 1. The van der Waals surface area contributed by atoms with Gasteiger partial charge in [-0.1, -0.05) is 24.6 Å². The molecule has 140 valence electrons. The standard InChI is InChI=1S/C22H19ClN4O/c1-13(5-6-24)16-8-14-10-21(26-12-15(14)9-19(16)23)27-22(28)18-11-17(18)20-4-2-3-7-25-20/h2-4,7-10,12-13,17-18H,5,11H2,1H3,(H,26,27,28)/t13-,17+,18+/m0/s1. The average Bonchev–Trinajstić information content (AvgIpc) is 3.49. The van der Waals surface area contributed by atoms with Gasteiger partial charge in [-0.25, -0.2) is 4.98 Å². The first-order valence-electron chi connectivity index (χ1n) is 9.24. The van der Waals surface area contributed by atoms with E-state index >= 15 is 0 Å². The fourth-order valence-corrected chi connectivity index (χ4v) is 3.86. The monoisotopic (exact) mass is 390 g/mol. The number of fused-ring (bicyclic) bond motifs is 1. The summed E-state index contributed by atoms with van der Waals surface area (Å²) in [7, 11) is 0. The van der Waals surface area contributed by atoms with E-state index in [1.807, 2.05) is 43.3 Å². The first kappa shape index (κ1) is 18.4. The molecule has 1 aliphatic carbocycles. The van der Waals surface area contributed by atoms with Crippen molar-refractivity contribution in [2.45, 2.75) is 31.6 Å². The number of aromatic nitrogens is 2. The minimum atomic E-state index is -0.0659. The molecule has 0 saturated heterocycles. The fraction of sp³-hybridized carbons (Fsp3) is 0.273. The second-order valence-corrected chi connectivity index (χ2v) is 7.65. The topological polar surface area (TPSA) is 78.7 Å². The lowest BCUT2D eigenvalue weighted by molar-refractivity contribution is -0.117. The summed E-state index contributed by atoms with van der Waals surface area (Å²) in [4.78, 5) is 21.3.